The molecule has 0 fully saturated rings. The molecule has 4 unspecified atom stereocenters. The standard InChI is InChI=1S/C37H71NO5/c1-3-5-7-9-11-13-14-15-16-17-18-19-20-21-23-25-27-29-31-35(41)37(43)38-33(32-39)36(42)34(40)30-28-26-24-22-12-10-8-6-4-2/h17-18,22,24,33-36,39-42H,3-16,19-21,23,25-32H2,1-2H3,(H,38,43)/b18-17-,24-22+. The molecule has 0 aromatic heterocycles. The zero-order valence-electron chi connectivity index (χ0n) is 28.2. The van der Waals surface area contributed by atoms with Gasteiger partial charge in [-0.15, -0.1) is 0 Å². The Bertz CT molecular complexity index is 653. The monoisotopic (exact) mass is 610 g/mol. The van der Waals surface area contributed by atoms with E-state index in [1.165, 1.54) is 103 Å². The third kappa shape index (κ3) is 26.9. The number of carbonyl (C=O) groups is 1. The van der Waals surface area contributed by atoms with Crippen LogP contribution in [0.4, 0.5) is 0 Å². The van der Waals surface area contributed by atoms with E-state index in [1.54, 1.807) is 0 Å². The van der Waals surface area contributed by atoms with Gasteiger partial charge < -0.3 is 25.7 Å². The molecule has 0 rings (SSSR count). The van der Waals surface area contributed by atoms with Gasteiger partial charge in [0.05, 0.1) is 18.8 Å². The van der Waals surface area contributed by atoms with Crippen molar-refractivity contribution in [2.24, 2.45) is 0 Å². The van der Waals surface area contributed by atoms with Gasteiger partial charge in [-0.05, 0) is 64.2 Å². The first-order valence-corrected chi connectivity index (χ1v) is 18.2. The number of hydrogen-bond donors (Lipinski definition) is 5. The maximum absolute atomic E-state index is 12.4. The summed E-state index contributed by atoms with van der Waals surface area (Å²) >= 11 is 0. The smallest absolute Gasteiger partial charge is 0.249 e. The van der Waals surface area contributed by atoms with E-state index in [1.807, 2.05) is 0 Å². The van der Waals surface area contributed by atoms with Crippen LogP contribution in [0, 0.1) is 0 Å². The van der Waals surface area contributed by atoms with Crippen molar-refractivity contribution < 1.29 is 25.2 Å². The molecule has 0 bridgehead atoms. The van der Waals surface area contributed by atoms with Crippen LogP contribution in [-0.2, 0) is 4.79 Å². The van der Waals surface area contributed by atoms with Gasteiger partial charge in [0.25, 0.3) is 0 Å². The predicted molar refractivity (Wildman–Crippen MR) is 182 cm³/mol. The molecule has 0 heterocycles. The van der Waals surface area contributed by atoms with Crippen LogP contribution in [0.5, 0.6) is 0 Å². The van der Waals surface area contributed by atoms with Gasteiger partial charge in [-0.1, -0.05) is 134 Å². The largest absolute Gasteiger partial charge is 0.394 e. The average Bonchev–Trinajstić information content (AvgIpc) is 3.01. The number of allylic oxidation sites excluding steroid dienone is 4. The number of amides is 1. The summed E-state index contributed by atoms with van der Waals surface area (Å²) in [5, 5.41) is 43.2. The number of rotatable bonds is 32. The second kappa shape index (κ2) is 32.2. The van der Waals surface area contributed by atoms with Gasteiger partial charge in [0, 0.05) is 0 Å². The lowest BCUT2D eigenvalue weighted by atomic mass is 10.00. The molecule has 254 valence electrons. The van der Waals surface area contributed by atoms with Crippen molar-refractivity contribution in [3.63, 3.8) is 0 Å². The SMILES string of the molecule is CCCCCC/C=C/CCCC(O)C(O)C(CO)NC(=O)C(O)CCCCCCCC/C=C\CCCCCCCCCC. The molecule has 1 amide bonds. The highest BCUT2D eigenvalue weighted by Gasteiger charge is 2.28. The predicted octanol–water partition coefficient (Wildman–Crippen LogP) is 8.45. The average molecular weight is 610 g/mol. The van der Waals surface area contributed by atoms with E-state index in [0.29, 0.717) is 19.3 Å². The molecule has 6 heteroatoms. The first-order valence-electron chi connectivity index (χ1n) is 18.2. The third-order valence-electron chi connectivity index (χ3n) is 8.38. The highest BCUT2D eigenvalue weighted by atomic mass is 16.3. The first kappa shape index (κ1) is 41.8. The summed E-state index contributed by atoms with van der Waals surface area (Å²) in [6.07, 6.45) is 33.5. The molecule has 0 aliphatic heterocycles. The van der Waals surface area contributed by atoms with Crippen molar-refractivity contribution in [1.82, 2.24) is 5.32 Å². The summed E-state index contributed by atoms with van der Waals surface area (Å²) in [4.78, 5) is 12.4. The summed E-state index contributed by atoms with van der Waals surface area (Å²) in [5.41, 5.74) is 0. The normalized spacial score (nSPS) is 14.8. The fourth-order valence-electron chi connectivity index (χ4n) is 5.40. The van der Waals surface area contributed by atoms with Crippen LogP contribution in [0.3, 0.4) is 0 Å². The molecule has 43 heavy (non-hydrogen) atoms. The highest BCUT2D eigenvalue weighted by molar-refractivity contribution is 5.80. The van der Waals surface area contributed by atoms with Crippen LogP contribution in [0.2, 0.25) is 0 Å². The number of hydrogen-bond acceptors (Lipinski definition) is 5. The van der Waals surface area contributed by atoms with Gasteiger partial charge >= 0.3 is 0 Å². The van der Waals surface area contributed by atoms with Gasteiger partial charge in [-0.25, -0.2) is 0 Å². The molecule has 0 aromatic rings. The van der Waals surface area contributed by atoms with Crippen LogP contribution in [0.15, 0.2) is 24.3 Å². The first-order chi connectivity index (χ1) is 21.0. The number of aliphatic hydroxyl groups is 4. The molecule has 0 aromatic carbocycles. The minimum atomic E-state index is -1.28. The number of carbonyl (C=O) groups excluding carboxylic acids is 1. The molecule has 0 spiro atoms. The van der Waals surface area contributed by atoms with Crippen molar-refractivity contribution in [2.75, 3.05) is 6.61 Å². The van der Waals surface area contributed by atoms with Crippen LogP contribution in [0.1, 0.15) is 174 Å². The molecule has 0 aliphatic carbocycles. The van der Waals surface area contributed by atoms with Crippen molar-refractivity contribution in [3.8, 4) is 0 Å². The summed E-state index contributed by atoms with van der Waals surface area (Å²) in [6.45, 7) is 3.97. The third-order valence-corrected chi connectivity index (χ3v) is 8.38. The van der Waals surface area contributed by atoms with E-state index in [9.17, 15) is 25.2 Å². The lowest BCUT2D eigenvalue weighted by Gasteiger charge is -2.27. The van der Waals surface area contributed by atoms with Crippen LogP contribution in [-0.4, -0.2) is 57.3 Å². The Labute approximate surface area is 265 Å². The van der Waals surface area contributed by atoms with Gasteiger partial charge in [-0.3, -0.25) is 4.79 Å². The quantitative estimate of drug-likeness (QED) is 0.0388. The Morgan fingerprint density at radius 3 is 1.42 bits per heavy atom. The summed E-state index contributed by atoms with van der Waals surface area (Å²) in [5.74, 6) is -0.602. The van der Waals surface area contributed by atoms with Crippen molar-refractivity contribution in [2.45, 2.75) is 199 Å². The lowest BCUT2D eigenvalue weighted by molar-refractivity contribution is -0.132. The summed E-state index contributed by atoms with van der Waals surface area (Å²) in [6, 6.07) is -0.999. The molecular formula is C37H71NO5. The number of nitrogens with one attached hydrogen (secondary N) is 1. The Morgan fingerprint density at radius 1 is 0.558 bits per heavy atom. The molecule has 5 N–H and O–H groups in total. The lowest BCUT2D eigenvalue weighted by Crippen LogP contribution is -2.53. The zero-order chi connectivity index (χ0) is 31.8. The van der Waals surface area contributed by atoms with Crippen LogP contribution >= 0.6 is 0 Å². The van der Waals surface area contributed by atoms with Crippen molar-refractivity contribution >= 4 is 5.91 Å². The maximum atomic E-state index is 12.4. The van der Waals surface area contributed by atoms with E-state index in [-0.39, 0.29) is 0 Å². The molecule has 0 aliphatic rings. The zero-order valence-corrected chi connectivity index (χ0v) is 28.2. The van der Waals surface area contributed by atoms with Gasteiger partial charge in [0.1, 0.15) is 12.2 Å². The Hall–Kier alpha value is -1.21. The van der Waals surface area contributed by atoms with E-state index >= 15 is 0 Å². The van der Waals surface area contributed by atoms with Crippen molar-refractivity contribution in [3.05, 3.63) is 24.3 Å². The molecule has 4 atom stereocenters. The summed E-state index contributed by atoms with van der Waals surface area (Å²) in [7, 11) is 0. The molecule has 0 saturated heterocycles. The van der Waals surface area contributed by atoms with Gasteiger partial charge in [0.15, 0.2) is 0 Å². The fraction of sp³-hybridized carbons (Fsp3) is 0.865. The van der Waals surface area contributed by atoms with Crippen LogP contribution in [0.25, 0.3) is 0 Å². The maximum Gasteiger partial charge on any atom is 0.249 e. The minimum Gasteiger partial charge on any atom is -0.394 e. The molecule has 6 nitrogen and oxygen atoms in total. The fourth-order valence-corrected chi connectivity index (χ4v) is 5.40. The van der Waals surface area contributed by atoms with E-state index in [2.05, 4.69) is 43.5 Å². The topological polar surface area (TPSA) is 110 Å². The highest BCUT2D eigenvalue weighted by Crippen LogP contribution is 2.14. The summed E-state index contributed by atoms with van der Waals surface area (Å²) < 4.78 is 0. The Balaban J connectivity index is 3.82. The van der Waals surface area contributed by atoms with E-state index in [4.69, 9.17) is 0 Å². The van der Waals surface area contributed by atoms with Gasteiger partial charge in [-0.2, -0.15) is 0 Å². The second-order valence-corrected chi connectivity index (χ2v) is 12.6. The van der Waals surface area contributed by atoms with Gasteiger partial charge in [0.2, 0.25) is 5.91 Å². The van der Waals surface area contributed by atoms with Crippen molar-refractivity contribution in [1.29, 1.82) is 0 Å². The molecule has 0 radical (unpaired) electrons. The number of aliphatic hydroxyl groups excluding tert-OH is 4. The molecular weight excluding hydrogens is 538 g/mol. The Morgan fingerprint density at radius 2 is 0.953 bits per heavy atom. The van der Waals surface area contributed by atoms with E-state index < -0.39 is 36.9 Å². The number of unbranched alkanes of at least 4 members (excludes halogenated alkanes) is 19. The van der Waals surface area contributed by atoms with E-state index in [0.717, 1.165) is 38.5 Å². The Kier molecular flexibility index (Phi) is 31.3. The second-order valence-electron chi connectivity index (χ2n) is 12.6. The minimum absolute atomic E-state index is 0.356. The molecule has 0 saturated carbocycles. The van der Waals surface area contributed by atoms with Crippen LogP contribution < -0.4 is 5.32 Å².